The minimum absolute atomic E-state index is 0.00551. The summed E-state index contributed by atoms with van der Waals surface area (Å²) in [6.45, 7) is 1.40. The Morgan fingerprint density at radius 3 is 2.56 bits per heavy atom. The van der Waals surface area contributed by atoms with Crippen molar-refractivity contribution in [2.45, 2.75) is 13.2 Å². The molecule has 3 N–H and O–H groups in total. The molecule has 7 nitrogen and oxygen atoms in total. The van der Waals surface area contributed by atoms with Gasteiger partial charge in [0, 0.05) is 5.56 Å². The summed E-state index contributed by atoms with van der Waals surface area (Å²) in [5.74, 6) is -2.92. The second-order valence-electron chi connectivity index (χ2n) is 3.73. The van der Waals surface area contributed by atoms with Gasteiger partial charge in [-0.2, -0.15) is 0 Å². The van der Waals surface area contributed by atoms with Gasteiger partial charge in [-0.25, -0.2) is 9.59 Å². The average Bonchev–Trinajstić information content (AvgIpc) is 2.56. The van der Waals surface area contributed by atoms with E-state index in [2.05, 4.69) is 4.74 Å². The molecule has 0 saturated heterocycles. The van der Waals surface area contributed by atoms with Crippen molar-refractivity contribution in [1.29, 1.82) is 0 Å². The smallest absolute Gasteiger partial charge is 0.345 e. The number of aliphatic hydroxyl groups excluding tert-OH is 1. The molecule has 0 aliphatic carbocycles. The number of hydrogen-bond acceptors (Lipinski definition) is 6. The maximum absolute atomic E-state index is 11.6. The fraction of sp³-hybridized carbons (Fsp3) is 0.273. The number of carboxylic acids is 1. The summed E-state index contributed by atoms with van der Waals surface area (Å²) in [5.41, 5.74) is -0.911. The number of aromatic carboxylic acids is 1. The zero-order valence-electron chi connectivity index (χ0n) is 9.55. The van der Waals surface area contributed by atoms with E-state index in [0.717, 1.165) is 0 Å². The van der Waals surface area contributed by atoms with Crippen LogP contribution in [-0.2, 0) is 4.74 Å². The molecule has 1 aliphatic rings. The van der Waals surface area contributed by atoms with Crippen molar-refractivity contribution in [3.8, 4) is 11.5 Å². The molecule has 1 aliphatic heterocycles. The van der Waals surface area contributed by atoms with Gasteiger partial charge in [-0.3, -0.25) is 0 Å². The number of rotatable bonds is 2. The minimum Gasteiger partial charge on any atom is -0.507 e. The number of carboxylic acid groups (broad SMARTS) is 1. The Balaban J connectivity index is 2.92. The van der Waals surface area contributed by atoms with E-state index < -0.39 is 29.5 Å². The van der Waals surface area contributed by atoms with Crippen molar-refractivity contribution in [3.05, 3.63) is 22.3 Å². The number of aliphatic hydroxyl groups is 1. The van der Waals surface area contributed by atoms with Gasteiger partial charge in [0.25, 0.3) is 0 Å². The predicted molar refractivity (Wildman–Crippen MR) is 56.7 cm³/mol. The molecule has 1 aromatic rings. The van der Waals surface area contributed by atoms with Gasteiger partial charge in [0.1, 0.15) is 22.6 Å². The number of aromatic hydroxyl groups is 1. The highest BCUT2D eigenvalue weighted by molar-refractivity contribution is 6.04. The Morgan fingerprint density at radius 2 is 2.06 bits per heavy atom. The van der Waals surface area contributed by atoms with Gasteiger partial charge in [-0.1, -0.05) is 0 Å². The van der Waals surface area contributed by atoms with Crippen LogP contribution in [0.5, 0.6) is 11.5 Å². The van der Waals surface area contributed by atoms with Crippen LogP contribution < -0.4 is 4.74 Å². The van der Waals surface area contributed by atoms with Crippen LogP contribution in [0.15, 0.2) is 0 Å². The first-order valence-corrected chi connectivity index (χ1v) is 4.95. The highest BCUT2D eigenvalue weighted by Gasteiger charge is 2.40. The summed E-state index contributed by atoms with van der Waals surface area (Å²) in [4.78, 5) is 22.7. The first-order valence-electron chi connectivity index (χ1n) is 4.95. The molecule has 0 aromatic heterocycles. The molecule has 96 valence electrons. The van der Waals surface area contributed by atoms with Gasteiger partial charge in [0.05, 0.1) is 12.7 Å². The number of methoxy groups -OCH3 is 1. The highest BCUT2D eigenvalue weighted by Crippen LogP contribution is 2.44. The standard InChI is InChI=1S/C11H10O7/c1-3-7(12)5(9(13)14)4-6(8(3)17-2)11(16)18-10(4)15/h10,12,15H,1-2H3,(H,13,14). The Kier molecular flexibility index (Phi) is 2.63. The predicted octanol–water partition coefficient (Wildman–Crippen LogP) is 0.569. The van der Waals surface area contributed by atoms with Gasteiger partial charge in [0.15, 0.2) is 0 Å². The van der Waals surface area contributed by atoms with Crippen LogP contribution >= 0.6 is 0 Å². The van der Waals surface area contributed by atoms with E-state index in [4.69, 9.17) is 9.84 Å². The lowest BCUT2D eigenvalue weighted by Crippen LogP contribution is -2.09. The summed E-state index contributed by atoms with van der Waals surface area (Å²) in [6, 6.07) is 0. The fourth-order valence-corrected chi connectivity index (χ4v) is 2.00. The van der Waals surface area contributed by atoms with Gasteiger partial charge >= 0.3 is 11.9 Å². The van der Waals surface area contributed by atoms with E-state index in [-0.39, 0.29) is 22.4 Å². The van der Waals surface area contributed by atoms with Crippen molar-refractivity contribution in [2.24, 2.45) is 0 Å². The lowest BCUT2D eigenvalue weighted by molar-refractivity contribution is -0.0553. The van der Waals surface area contributed by atoms with E-state index in [1.807, 2.05) is 0 Å². The van der Waals surface area contributed by atoms with Crippen molar-refractivity contribution in [2.75, 3.05) is 7.11 Å². The number of benzene rings is 1. The van der Waals surface area contributed by atoms with E-state index in [1.54, 1.807) is 0 Å². The zero-order chi connectivity index (χ0) is 13.6. The third kappa shape index (κ3) is 1.41. The highest BCUT2D eigenvalue weighted by atomic mass is 16.6. The quantitative estimate of drug-likeness (QED) is 0.661. The molecule has 1 aromatic carbocycles. The molecule has 0 fully saturated rings. The maximum atomic E-state index is 11.6. The number of esters is 1. The number of phenols is 1. The summed E-state index contributed by atoms with van der Waals surface area (Å²) < 4.78 is 9.49. The number of hydrogen-bond donors (Lipinski definition) is 3. The zero-order valence-corrected chi connectivity index (χ0v) is 9.55. The molecule has 7 heteroatoms. The molecule has 2 rings (SSSR count). The third-order valence-electron chi connectivity index (χ3n) is 2.79. The second-order valence-corrected chi connectivity index (χ2v) is 3.73. The lowest BCUT2D eigenvalue weighted by atomic mass is 9.96. The van der Waals surface area contributed by atoms with Gasteiger partial charge in [-0.05, 0) is 6.92 Å². The van der Waals surface area contributed by atoms with Crippen molar-refractivity contribution >= 4 is 11.9 Å². The van der Waals surface area contributed by atoms with Crippen LogP contribution in [0.3, 0.4) is 0 Å². The molecular formula is C11H10O7. The van der Waals surface area contributed by atoms with E-state index in [0.29, 0.717) is 0 Å². The van der Waals surface area contributed by atoms with Gasteiger partial charge in [0.2, 0.25) is 6.29 Å². The molecule has 0 radical (unpaired) electrons. The van der Waals surface area contributed by atoms with Gasteiger partial charge in [-0.15, -0.1) is 0 Å². The molecule has 0 saturated carbocycles. The Bertz CT molecular complexity index is 561. The van der Waals surface area contributed by atoms with Gasteiger partial charge < -0.3 is 24.8 Å². The SMILES string of the molecule is COc1c(C)c(O)c(C(=O)O)c2c1C(=O)OC2O. The summed E-state index contributed by atoms with van der Waals surface area (Å²) >= 11 is 0. The van der Waals surface area contributed by atoms with Crippen LogP contribution in [0.1, 0.15) is 38.1 Å². The molecule has 0 amide bonds. The van der Waals surface area contributed by atoms with Crippen molar-refractivity contribution in [3.63, 3.8) is 0 Å². The number of carbonyl (C=O) groups excluding carboxylic acids is 1. The third-order valence-corrected chi connectivity index (χ3v) is 2.79. The van der Waals surface area contributed by atoms with Crippen LogP contribution in [0.2, 0.25) is 0 Å². The van der Waals surface area contributed by atoms with E-state index in [9.17, 15) is 19.8 Å². The number of carbonyl (C=O) groups is 2. The monoisotopic (exact) mass is 254 g/mol. The first-order chi connectivity index (χ1) is 8.40. The Labute approximate surface area is 101 Å². The maximum Gasteiger partial charge on any atom is 0.345 e. The minimum atomic E-state index is -1.72. The fourth-order valence-electron chi connectivity index (χ4n) is 2.00. The molecule has 1 heterocycles. The first kappa shape index (κ1) is 12.2. The van der Waals surface area contributed by atoms with Crippen LogP contribution in [-0.4, -0.2) is 34.4 Å². The number of cyclic esters (lactones) is 1. The molecule has 0 bridgehead atoms. The topological polar surface area (TPSA) is 113 Å². The number of ether oxygens (including phenoxy) is 2. The molecule has 18 heavy (non-hydrogen) atoms. The van der Waals surface area contributed by atoms with Crippen LogP contribution in [0.25, 0.3) is 0 Å². The lowest BCUT2D eigenvalue weighted by Gasteiger charge is -2.14. The normalized spacial score (nSPS) is 17.3. The van der Waals surface area contributed by atoms with Crippen molar-refractivity contribution < 1.29 is 34.4 Å². The number of fused-ring (bicyclic) bond motifs is 1. The Morgan fingerprint density at radius 1 is 1.44 bits per heavy atom. The summed E-state index contributed by atoms with van der Waals surface area (Å²) in [7, 11) is 1.26. The largest absolute Gasteiger partial charge is 0.507 e. The Hall–Kier alpha value is -2.28. The van der Waals surface area contributed by atoms with E-state index >= 15 is 0 Å². The second kappa shape index (κ2) is 3.88. The molecule has 1 atom stereocenters. The van der Waals surface area contributed by atoms with Crippen molar-refractivity contribution in [1.82, 2.24) is 0 Å². The summed E-state index contributed by atoms with van der Waals surface area (Å²) in [5, 5.41) is 28.4. The molecular weight excluding hydrogens is 244 g/mol. The van der Waals surface area contributed by atoms with E-state index in [1.165, 1.54) is 14.0 Å². The summed E-state index contributed by atoms with van der Waals surface area (Å²) in [6.07, 6.45) is -1.72. The van der Waals surface area contributed by atoms with Crippen LogP contribution in [0, 0.1) is 6.92 Å². The van der Waals surface area contributed by atoms with Crippen LogP contribution in [0.4, 0.5) is 0 Å². The average molecular weight is 254 g/mol. The molecule has 0 spiro atoms. The molecule has 1 unspecified atom stereocenters.